The Morgan fingerprint density at radius 2 is 2.00 bits per heavy atom. The highest BCUT2D eigenvalue weighted by Crippen LogP contribution is 2.02. The van der Waals surface area contributed by atoms with Gasteiger partial charge in [0.2, 0.25) is 0 Å². The predicted octanol–water partition coefficient (Wildman–Crippen LogP) is 2.04. The first-order valence-corrected chi connectivity index (χ1v) is 3.67. The van der Waals surface area contributed by atoms with Gasteiger partial charge in [-0.2, -0.15) is 5.10 Å². The number of aliphatic imine (C=N–C) groups is 1. The van der Waals surface area contributed by atoms with Crippen molar-refractivity contribution in [2.24, 2.45) is 10.1 Å². The summed E-state index contributed by atoms with van der Waals surface area (Å²) in [5.41, 5.74) is 0.830. The van der Waals surface area contributed by atoms with Gasteiger partial charge in [0, 0.05) is 19.0 Å². The maximum atomic E-state index is 4.07. The molecule has 0 saturated heterocycles. The van der Waals surface area contributed by atoms with Crippen LogP contribution >= 0.6 is 0 Å². The lowest BCUT2D eigenvalue weighted by atomic mass is 10.5. The van der Waals surface area contributed by atoms with Gasteiger partial charge in [-0.05, 0) is 19.9 Å². The third kappa shape index (κ3) is 3.14. The smallest absolute Gasteiger partial charge is 0.121 e. The van der Waals surface area contributed by atoms with Crippen molar-refractivity contribution < 1.29 is 0 Å². The van der Waals surface area contributed by atoms with Crippen molar-refractivity contribution in [2.45, 2.75) is 13.8 Å². The lowest BCUT2D eigenvalue weighted by Crippen LogP contribution is -2.20. The van der Waals surface area contributed by atoms with E-state index in [0.29, 0.717) is 0 Å². The van der Waals surface area contributed by atoms with Gasteiger partial charge in [-0.1, -0.05) is 13.2 Å². The van der Waals surface area contributed by atoms with Gasteiger partial charge in [0.25, 0.3) is 0 Å². The van der Waals surface area contributed by atoms with Crippen LogP contribution in [0.4, 0.5) is 0 Å². The van der Waals surface area contributed by atoms with Gasteiger partial charge < -0.3 is 0 Å². The minimum Gasteiger partial charge on any atom is -0.274 e. The normalized spacial score (nSPS) is 11.8. The fraction of sp³-hybridized carbons (Fsp3) is 0.333. The zero-order valence-electron chi connectivity index (χ0n) is 7.91. The summed E-state index contributed by atoms with van der Waals surface area (Å²) in [4.78, 5) is 4.00. The molecule has 0 atom stereocenters. The summed E-state index contributed by atoms with van der Waals surface area (Å²) in [7, 11) is 1.72. The van der Waals surface area contributed by atoms with Crippen LogP contribution < -0.4 is 0 Å². The van der Waals surface area contributed by atoms with Crippen LogP contribution in [0.3, 0.4) is 0 Å². The number of nitrogens with zero attached hydrogens (tertiary/aromatic N) is 3. The Balaban J connectivity index is 4.55. The Bertz CT molecular complexity index is 226. The van der Waals surface area contributed by atoms with Gasteiger partial charge in [0.1, 0.15) is 5.84 Å². The standard InChI is InChI=1S/C9H15N3/c1-6-7-11-12(8(2)3)9(4)10-5/h6-7H,1-2H2,3-5H3/b10-9?,11-7-. The molecular formula is C9H15N3. The van der Waals surface area contributed by atoms with Crippen molar-refractivity contribution in [2.75, 3.05) is 7.05 Å². The molecule has 0 amide bonds. The minimum atomic E-state index is 0.806. The monoisotopic (exact) mass is 165 g/mol. The van der Waals surface area contributed by atoms with Gasteiger partial charge in [0.15, 0.2) is 0 Å². The molecule has 0 aliphatic heterocycles. The molecule has 0 aromatic rings. The van der Waals surface area contributed by atoms with Crippen LogP contribution in [0.25, 0.3) is 0 Å². The average molecular weight is 165 g/mol. The molecule has 66 valence electrons. The first-order chi connectivity index (χ1) is 5.63. The molecule has 0 aromatic heterocycles. The number of hydrazone groups is 1. The molecule has 0 heterocycles. The number of rotatable bonds is 3. The maximum absolute atomic E-state index is 4.07. The molecule has 0 aliphatic carbocycles. The molecule has 0 aromatic carbocycles. The maximum Gasteiger partial charge on any atom is 0.121 e. The molecule has 12 heavy (non-hydrogen) atoms. The number of amidine groups is 1. The van der Waals surface area contributed by atoms with Crippen molar-refractivity contribution in [3.05, 3.63) is 24.9 Å². The molecule has 0 unspecified atom stereocenters. The highest BCUT2D eigenvalue weighted by molar-refractivity contribution is 5.82. The minimum absolute atomic E-state index is 0.806. The Kier molecular flexibility index (Phi) is 4.69. The van der Waals surface area contributed by atoms with E-state index in [1.807, 2.05) is 13.8 Å². The molecule has 0 saturated carbocycles. The second-order valence-corrected chi connectivity index (χ2v) is 2.32. The van der Waals surface area contributed by atoms with Crippen LogP contribution in [0.5, 0.6) is 0 Å². The van der Waals surface area contributed by atoms with E-state index in [4.69, 9.17) is 0 Å². The van der Waals surface area contributed by atoms with Gasteiger partial charge >= 0.3 is 0 Å². The lowest BCUT2D eigenvalue weighted by molar-refractivity contribution is 0.553. The van der Waals surface area contributed by atoms with Crippen molar-refractivity contribution in [3.63, 3.8) is 0 Å². The summed E-state index contributed by atoms with van der Waals surface area (Å²) >= 11 is 0. The third-order valence-electron chi connectivity index (χ3n) is 1.28. The molecule has 0 N–H and O–H groups in total. The highest BCUT2D eigenvalue weighted by atomic mass is 15.5. The molecule has 0 bridgehead atoms. The molecule has 0 rings (SSSR count). The summed E-state index contributed by atoms with van der Waals surface area (Å²) < 4.78 is 0. The Hall–Kier alpha value is -1.38. The summed E-state index contributed by atoms with van der Waals surface area (Å²) in [5.74, 6) is 0.806. The summed E-state index contributed by atoms with van der Waals surface area (Å²) in [6, 6.07) is 0. The SMILES string of the molecule is C=C/C=N\N(C(=C)C)C(C)=NC. The van der Waals surface area contributed by atoms with Gasteiger partial charge in [-0.25, -0.2) is 5.01 Å². The largest absolute Gasteiger partial charge is 0.274 e. The van der Waals surface area contributed by atoms with E-state index in [1.165, 1.54) is 0 Å². The molecule has 0 radical (unpaired) electrons. The molecule has 0 spiro atoms. The molecule has 3 nitrogen and oxygen atoms in total. The second-order valence-electron chi connectivity index (χ2n) is 2.32. The summed E-state index contributed by atoms with van der Waals surface area (Å²) in [5, 5.41) is 5.73. The van der Waals surface area contributed by atoms with Crippen LogP contribution in [0, 0.1) is 0 Å². The third-order valence-corrected chi connectivity index (χ3v) is 1.28. The van der Waals surface area contributed by atoms with Crippen LogP contribution in [0.1, 0.15) is 13.8 Å². The average Bonchev–Trinajstić information content (AvgIpc) is 2.04. The molecular weight excluding hydrogens is 150 g/mol. The quantitative estimate of drug-likeness (QED) is 0.357. The first kappa shape index (κ1) is 10.6. The van der Waals surface area contributed by atoms with E-state index in [9.17, 15) is 0 Å². The van der Waals surface area contributed by atoms with E-state index >= 15 is 0 Å². The summed E-state index contributed by atoms with van der Waals surface area (Å²) in [6.45, 7) is 11.0. The predicted molar refractivity (Wildman–Crippen MR) is 54.4 cm³/mol. The Morgan fingerprint density at radius 3 is 2.33 bits per heavy atom. The van der Waals surface area contributed by atoms with Crippen molar-refractivity contribution >= 4 is 12.1 Å². The van der Waals surface area contributed by atoms with E-state index in [1.54, 1.807) is 24.3 Å². The van der Waals surface area contributed by atoms with Crippen LogP contribution in [-0.2, 0) is 0 Å². The van der Waals surface area contributed by atoms with E-state index < -0.39 is 0 Å². The van der Waals surface area contributed by atoms with Gasteiger partial charge in [-0.15, -0.1) is 0 Å². The fourth-order valence-electron chi connectivity index (χ4n) is 0.667. The zero-order valence-corrected chi connectivity index (χ0v) is 7.91. The highest BCUT2D eigenvalue weighted by Gasteiger charge is 2.02. The van der Waals surface area contributed by atoms with E-state index in [2.05, 4.69) is 23.3 Å². The van der Waals surface area contributed by atoms with Gasteiger partial charge in [0.05, 0.1) is 0 Å². The van der Waals surface area contributed by atoms with Crippen LogP contribution in [0.15, 0.2) is 35.0 Å². The molecule has 3 heteroatoms. The van der Waals surface area contributed by atoms with Crippen LogP contribution in [0.2, 0.25) is 0 Å². The number of hydrogen-bond acceptors (Lipinski definition) is 2. The lowest BCUT2D eigenvalue weighted by Gasteiger charge is -2.16. The Labute approximate surface area is 73.8 Å². The molecule has 0 fully saturated rings. The fourth-order valence-corrected chi connectivity index (χ4v) is 0.667. The first-order valence-electron chi connectivity index (χ1n) is 3.67. The summed E-state index contributed by atoms with van der Waals surface area (Å²) in [6.07, 6.45) is 3.21. The van der Waals surface area contributed by atoms with E-state index in [0.717, 1.165) is 11.5 Å². The molecule has 0 aliphatic rings. The second kappa shape index (κ2) is 5.29. The van der Waals surface area contributed by atoms with Crippen molar-refractivity contribution in [3.8, 4) is 0 Å². The topological polar surface area (TPSA) is 28.0 Å². The van der Waals surface area contributed by atoms with Crippen molar-refractivity contribution in [1.29, 1.82) is 0 Å². The van der Waals surface area contributed by atoms with E-state index in [-0.39, 0.29) is 0 Å². The number of hydrogen-bond donors (Lipinski definition) is 0. The van der Waals surface area contributed by atoms with Gasteiger partial charge in [-0.3, -0.25) is 4.99 Å². The number of allylic oxidation sites excluding steroid dienone is 2. The zero-order chi connectivity index (χ0) is 9.56. The Morgan fingerprint density at radius 1 is 1.42 bits per heavy atom. The van der Waals surface area contributed by atoms with Crippen molar-refractivity contribution in [1.82, 2.24) is 5.01 Å². The van der Waals surface area contributed by atoms with Crippen LogP contribution in [-0.4, -0.2) is 24.1 Å².